The number of aliphatic hydroxyl groups excluding tert-OH is 1. The van der Waals surface area contributed by atoms with Crippen LogP contribution in [0.4, 0.5) is 0 Å². The predicted octanol–water partition coefficient (Wildman–Crippen LogP) is 22.3. The molecule has 5 unspecified atom stereocenters. The fraction of sp³-hybridized carbons (Fsp3) is 0.553. The fourth-order valence-corrected chi connectivity index (χ4v) is 10.6. The highest BCUT2D eigenvalue weighted by molar-refractivity contribution is 7.47. The van der Waals surface area contributed by atoms with Gasteiger partial charge in [-0.2, -0.15) is 0 Å². The van der Waals surface area contributed by atoms with E-state index in [9.17, 15) is 43.2 Å². The molecule has 104 heavy (non-hydrogen) atoms. The maximum absolute atomic E-state index is 13.1. The second kappa shape index (κ2) is 74.9. The van der Waals surface area contributed by atoms with Crippen LogP contribution in [0, 0.1) is 0 Å². The first-order valence-corrected chi connectivity index (χ1v) is 41.3. The number of allylic oxidation sites excluding steroid dienone is 34. The maximum atomic E-state index is 13.1. The largest absolute Gasteiger partial charge is 0.472 e. The summed E-state index contributed by atoms with van der Waals surface area (Å²) in [7, 11) is -10.0. The minimum Gasteiger partial charge on any atom is -0.462 e. The van der Waals surface area contributed by atoms with Crippen LogP contribution < -0.4 is 0 Å². The molecule has 0 aliphatic carbocycles. The lowest BCUT2D eigenvalue weighted by Gasteiger charge is -2.21. The van der Waals surface area contributed by atoms with Crippen molar-refractivity contribution in [3.8, 4) is 0 Å². The summed E-state index contributed by atoms with van der Waals surface area (Å²) >= 11 is 0. The second-order valence-corrected chi connectivity index (χ2v) is 27.3. The summed E-state index contributed by atoms with van der Waals surface area (Å²) in [5, 5.41) is 10.6. The van der Waals surface area contributed by atoms with Gasteiger partial charge in [0.1, 0.15) is 19.3 Å². The number of phosphoric acid groups is 2. The van der Waals surface area contributed by atoms with E-state index in [0.717, 1.165) is 154 Å². The van der Waals surface area contributed by atoms with Gasteiger partial charge in [0.15, 0.2) is 12.2 Å². The number of aliphatic hydroxyl groups is 1. The first kappa shape index (κ1) is 97.6. The van der Waals surface area contributed by atoms with Crippen molar-refractivity contribution in [3.63, 3.8) is 0 Å². The van der Waals surface area contributed by atoms with E-state index in [1.54, 1.807) is 0 Å². The fourth-order valence-electron chi connectivity index (χ4n) is 9.06. The molecule has 0 aliphatic heterocycles. The van der Waals surface area contributed by atoms with Crippen LogP contribution in [0.15, 0.2) is 207 Å². The molecule has 17 nitrogen and oxygen atoms in total. The number of phosphoric ester groups is 2. The van der Waals surface area contributed by atoms with E-state index in [1.807, 2.05) is 24.3 Å². The van der Waals surface area contributed by atoms with Crippen LogP contribution in [0.1, 0.15) is 246 Å². The lowest BCUT2D eigenvalue weighted by molar-refractivity contribution is -0.161. The summed E-state index contributed by atoms with van der Waals surface area (Å²) in [5.41, 5.74) is 0. The van der Waals surface area contributed by atoms with Gasteiger partial charge < -0.3 is 33.8 Å². The molecule has 0 fully saturated rings. The minimum atomic E-state index is -5.02. The van der Waals surface area contributed by atoms with Crippen LogP contribution in [-0.4, -0.2) is 96.7 Å². The molecule has 0 rings (SSSR count). The SMILES string of the molecule is CC/C=C\C/C=C\C/C=C\C/C=C\C/C=C\C/C=C\CCC(=O)OCC(COP(=O)(O)OCC(O)COP(=O)(O)OCC(COC(=O)CCCC/C=C\C/C=C\C/C=C\C/C=C\CC)OC(=O)CCCCCCC/C=C\C/C=C\C/C=C\CC)OC(=O)CCCC/C=C\C/C=C\C/C=C\C/C=C\CC. The highest BCUT2D eigenvalue weighted by Crippen LogP contribution is 2.45. The van der Waals surface area contributed by atoms with Gasteiger partial charge in [-0.3, -0.25) is 37.3 Å². The van der Waals surface area contributed by atoms with Crippen molar-refractivity contribution < 1.29 is 80.2 Å². The van der Waals surface area contributed by atoms with E-state index < -0.39 is 97.5 Å². The summed E-state index contributed by atoms with van der Waals surface area (Å²) in [4.78, 5) is 72.9. The van der Waals surface area contributed by atoms with Gasteiger partial charge in [0.2, 0.25) is 0 Å². The van der Waals surface area contributed by atoms with Crippen LogP contribution in [0.25, 0.3) is 0 Å². The normalized spacial score (nSPS) is 15.0. The zero-order valence-electron chi connectivity index (χ0n) is 63.6. The van der Waals surface area contributed by atoms with Crippen molar-refractivity contribution in [2.24, 2.45) is 0 Å². The molecule has 0 amide bonds. The number of carbonyl (C=O) groups excluding carboxylic acids is 4. The lowest BCUT2D eigenvalue weighted by atomic mass is 10.1. The van der Waals surface area contributed by atoms with Gasteiger partial charge in [0, 0.05) is 25.7 Å². The third-order valence-electron chi connectivity index (χ3n) is 14.7. The number of rotatable bonds is 69. The minimum absolute atomic E-state index is 0.0163. The van der Waals surface area contributed by atoms with Gasteiger partial charge in [0.05, 0.1) is 26.4 Å². The van der Waals surface area contributed by atoms with E-state index in [4.69, 9.17) is 37.0 Å². The zero-order valence-corrected chi connectivity index (χ0v) is 65.4. The van der Waals surface area contributed by atoms with Gasteiger partial charge in [0.25, 0.3) is 0 Å². The van der Waals surface area contributed by atoms with Crippen molar-refractivity contribution in [2.45, 2.75) is 264 Å². The smallest absolute Gasteiger partial charge is 0.462 e. The number of esters is 4. The quantitative estimate of drug-likeness (QED) is 0.0169. The summed E-state index contributed by atoms with van der Waals surface area (Å²) in [5.74, 6) is -2.42. The summed E-state index contributed by atoms with van der Waals surface area (Å²) in [6, 6.07) is 0. The third kappa shape index (κ3) is 73.9. The highest BCUT2D eigenvalue weighted by Gasteiger charge is 2.30. The number of hydrogen-bond donors (Lipinski definition) is 3. The molecule has 0 aromatic heterocycles. The summed E-state index contributed by atoms with van der Waals surface area (Å²) in [6.45, 7) is 4.16. The summed E-state index contributed by atoms with van der Waals surface area (Å²) < 4.78 is 68.3. The Kier molecular flexibility index (Phi) is 70.3. The Labute approximate surface area is 627 Å². The molecule has 5 atom stereocenters. The monoisotopic (exact) mass is 1490 g/mol. The Morgan fingerprint density at radius 3 is 0.798 bits per heavy atom. The Morgan fingerprint density at radius 2 is 0.490 bits per heavy atom. The van der Waals surface area contributed by atoms with E-state index in [0.29, 0.717) is 38.5 Å². The van der Waals surface area contributed by atoms with E-state index >= 15 is 0 Å². The molecule has 0 heterocycles. The Bertz CT molecular complexity index is 2790. The predicted molar refractivity (Wildman–Crippen MR) is 426 cm³/mol. The average Bonchev–Trinajstić information content (AvgIpc) is 0.918. The van der Waals surface area contributed by atoms with Crippen molar-refractivity contribution in [2.75, 3.05) is 39.6 Å². The highest BCUT2D eigenvalue weighted by atomic mass is 31.2. The van der Waals surface area contributed by atoms with Gasteiger partial charge in [-0.05, 0) is 173 Å². The van der Waals surface area contributed by atoms with Crippen molar-refractivity contribution in [1.29, 1.82) is 0 Å². The van der Waals surface area contributed by atoms with E-state index in [1.165, 1.54) is 0 Å². The van der Waals surface area contributed by atoms with Crippen LogP contribution in [0.5, 0.6) is 0 Å². The molecule has 0 aromatic rings. The molecule has 0 saturated heterocycles. The second-order valence-electron chi connectivity index (χ2n) is 24.4. The topological polar surface area (TPSA) is 237 Å². The number of unbranched alkanes of at least 4 members (excludes halogenated alkanes) is 9. The third-order valence-corrected chi connectivity index (χ3v) is 16.6. The molecule has 0 spiro atoms. The van der Waals surface area contributed by atoms with Crippen LogP contribution in [-0.2, 0) is 65.4 Å². The lowest BCUT2D eigenvalue weighted by Crippen LogP contribution is -2.30. The maximum Gasteiger partial charge on any atom is 0.472 e. The first-order valence-electron chi connectivity index (χ1n) is 38.3. The molecule has 3 N–H and O–H groups in total. The Hall–Kier alpha value is -6.36. The van der Waals surface area contributed by atoms with Crippen LogP contribution in [0.3, 0.4) is 0 Å². The van der Waals surface area contributed by atoms with Gasteiger partial charge in [-0.1, -0.05) is 254 Å². The molecular formula is C85H132O17P2. The molecule has 0 aliphatic rings. The molecule has 19 heteroatoms. The summed E-state index contributed by atoms with van der Waals surface area (Å²) in [6.07, 6.45) is 92.7. The number of ether oxygens (including phenoxy) is 4. The number of carbonyl (C=O) groups is 4. The number of hydrogen-bond acceptors (Lipinski definition) is 15. The standard InChI is InChI=1S/C85H132O17P2/c1-5-9-13-17-21-25-29-33-37-38-39-40-44-46-50-54-58-62-66-70-83(88)96-76-81(102-85(90)72-68-64-60-56-52-48-43-36-32-28-24-20-16-12-8-4)78-100-104(93,94)98-74-79(86)73-97-103(91,92)99-77-80(101-84(89)71-67-63-59-55-51-47-42-35-31-27-23-19-15-11-7-3)75-95-82(87)69-65-61-57-53-49-45-41-34-30-26-22-18-14-10-6-2/h9-16,21-28,33-37,39-43,46,49-50,52-53,56,58,62,79-81,86H,5-8,17-20,29-32,38,44-45,47-48,51,54-55,57,59-61,63-78H2,1-4H3,(H,91,92)(H,93,94)/b13-9-,14-10-,15-11-,16-12-,25-21-,26-22-,27-23-,28-24-,37-33-,40-39-,41-34-,42-35-,43-36-,50-46-,53-49-,56-52-,62-58-. The Morgan fingerprint density at radius 1 is 0.269 bits per heavy atom. The Balaban J connectivity index is 5.54. The molecule has 0 aromatic carbocycles. The molecule has 0 saturated carbocycles. The van der Waals surface area contributed by atoms with Crippen molar-refractivity contribution >= 4 is 39.5 Å². The van der Waals surface area contributed by atoms with Gasteiger partial charge >= 0.3 is 39.5 Å². The van der Waals surface area contributed by atoms with Gasteiger partial charge in [-0.15, -0.1) is 0 Å². The van der Waals surface area contributed by atoms with Gasteiger partial charge in [-0.25, -0.2) is 9.13 Å². The zero-order chi connectivity index (χ0) is 76.0. The molecule has 0 radical (unpaired) electrons. The average molecular weight is 1490 g/mol. The molecular weight excluding hydrogens is 1350 g/mol. The molecule has 0 bridgehead atoms. The van der Waals surface area contributed by atoms with Crippen LogP contribution in [0.2, 0.25) is 0 Å². The van der Waals surface area contributed by atoms with Crippen molar-refractivity contribution in [1.82, 2.24) is 0 Å². The van der Waals surface area contributed by atoms with Crippen LogP contribution >= 0.6 is 15.6 Å². The van der Waals surface area contributed by atoms with E-state index in [-0.39, 0.29) is 25.7 Å². The van der Waals surface area contributed by atoms with Crippen molar-refractivity contribution in [3.05, 3.63) is 207 Å². The van der Waals surface area contributed by atoms with E-state index in [2.05, 4.69) is 210 Å². The first-order chi connectivity index (χ1) is 50.7. The molecule has 584 valence electrons.